The second kappa shape index (κ2) is 6.88. The van der Waals surface area contributed by atoms with Crippen LogP contribution in [0.2, 0.25) is 0 Å². The van der Waals surface area contributed by atoms with Crippen LogP contribution in [0.25, 0.3) is 0 Å². The molecule has 5 nitrogen and oxygen atoms in total. The number of piperidine rings is 1. The van der Waals surface area contributed by atoms with Gasteiger partial charge in [-0.1, -0.05) is 0 Å². The molecule has 1 atom stereocenters. The van der Waals surface area contributed by atoms with Crippen molar-refractivity contribution in [3.05, 3.63) is 23.9 Å². The van der Waals surface area contributed by atoms with E-state index in [-0.39, 0.29) is 0 Å². The third kappa shape index (κ3) is 3.52. The van der Waals surface area contributed by atoms with E-state index in [1.807, 2.05) is 12.1 Å². The molecule has 3 rings (SSSR count). The summed E-state index contributed by atoms with van der Waals surface area (Å²) in [5.74, 6) is 1.01. The van der Waals surface area contributed by atoms with Crippen molar-refractivity contribution >= 4 is 5.82 Å². The summed E-state index contributed by atoms with van der Waals surface area (Å²) >= 11 is 0. The summed E-state index contributed by atoms with van der Waals surface area (Å²) in [6, 6.07) is 6.50. The smallest absolute Gasteiger partial charge is 0.128 e. The molecule has 0 amide bonds. The van der Waals surface area contributed by atoms with Gasteiger partial charge in [0.25, 0.3) is 0 Å². The summed E-state index contributed by atoms with van der Waals surface area (Å²) in [6.07, 6.45) is 5.41. The topological polar surface area (TPSA) is 52.4 Å². The summed E-state index contributed by atoms with van der Waals surface area (Å²) in [5, 5.41) is 8.89. The highest BCUT2D eigenvalue weighted by Gasteiger charge is 2.26. The molecule has 21 heavy (non-hydrogen) atoms. The number of anilines is 1. The van der Waals surface area contributed by atoms with Crippen molar-refractivity contribution in [1.82, 2.24) is 9.88 Å². The standard InChI is InChI=1S/C16H22N4O/c17-11-14-4-5-16(18-12-14)20-6-2-1-3-15(20)13-19-7-9-21-10-8-19/h4-5,12,15H,1-3,6-10,13H2/t15-/m0/s1. The Labute approximate surface area is 126 Å². The van der Waals surface area contributed by atoms with Gasteiger partial charge in [0, 0.05) is 38.4 Å². The fourth-order valence-electron chi connectivity index (χ4n) is 3.20. The molecule has 3 heterocycles. The Balaban J connectivity index is 1.69. The molecule has 0 spiro atoms. The van der Waals surface area contributed by atoms with Gasteiger partial charge in [-0.25, -0.2) is 4.98 Å². The Morgan fingerprint density at radius 1 is 1.24 bits per heavy atom. The van der Waals surface area contributed by atoms with Crippen molar-refractivity contribution in [3.63, 3.8) is 0 Å². The lowest BCUT2D eigenvalue weighted by Crippen LogP contribution is -2.49. The first kappa shape index (κ1) is 14.3. The zero-order chi connectivity index (χ0) is 14.5. The van der Waals surface area contributed by atoms with Gasteiger partial charge < -0.3 is 9.64 Å². The third-order valence-electron chi connectivity index (χ3n) is 4.37. The minimum atomic E-state index is 0.525. The molecule has 2 aliphatic rings. The Bertz CT molecular complexity index is 490. The quantitative estimate of drug-likeness (QED) is 0.845. The predicted octanol–water partition coefficient (Wildman–Crippen LogP) is 1.64. The highest BCUT2D eigenvalue weighted by molar-refractivity contribution is 5.43. The van der Waals surface area contributed by atoms with Crippen molar-refractivity contribution in [2.75, 3.05) is 44.3 Å². The third-order valence-corrected chi connectivity index (χ3v) is 4.37. The molecular formula is C16H22N4O. The second-order valence-corrected chi connectivity index (χ2v) is 5.77. The number of hydrogen-bond donors (Lipinski definition) is 0. The molecule has 5 heteroatoms. The molecule has 1 aromatic heterocycles. The lowest BCUT2D eigenvalue weighted by atomic mass is 10.0. The Hall–Kier alpha value is -1.64. The van der Waals surface area contributed by atoms with Crippen LogP contribution in [0.5, 0.6) is 0 Å². The van der Waals surface area contributed by atoms with Gasteiger partial charge >= 0.3 is 0 Å². The van der Waals surface area contributed by atoms with E-state index in [9.17, 15) is 0 Å². The summed E-state index contributed by atoms with van der Waals surface area (Å²) in [7, 11) is 0. The van der Waals surface area contributed by atoms with Gasteiger partial charge in [-0.2, -0.15) is 5.26 Å². The van der Waals surface area contributed by atoms with E-state index in [0.717, 1.165) is 45.2 Å². The van der Waals surface area contributed by atoms with Crippen LogP contribution in [0, 0.1) is 11.3 Å². The van der Waals surface area contributed by atoms with Gasteiger partial charge in [0.05, 0.1) is 18.8 Å². The molecule has 2 saturated heterocycles. The molecule has 0 bridgehead atoms. The van der Waals surface area contributed by atoms with Crippen molar-refractivity contribution in [1.29, 1.82) is 5.26 Å². The first-order chi connectivity index (χ1) is 10.4. The molecule has 0 unspecified atom stereocenters. The van der Waals surface area contributed by atoms with Crippen LogP contribution >= 0.6 is 0 Å². The number of nitrogens with zero attached hydrogens (tertiary/aromatic N) is 4. The maximum absolute atomic E-state index is 8.89. The number of ether oxygens (including phenoxy) is 1. The minimum Gasteiger partial charge on any atom is -0.379 e. The zero-order valence-electron chi connectivity index (χ0n) is 12.4. The van der Waals surface area contributed by atoms with Crippen LogP contribution in [0.15, 0.2) is 18.3 Å². The molecule has 0 radical (unpaired) electrons. The first-order valence-electron chi connectivity index (χ1n) is 7.80. The zero-order valence-corrected chi connectivity index (χ0v) is 12.4. The largest absolute Gasteiger partial charge is 0.379 e. The first-order valence-corrected chi connectivity index (χ1v) is 7.80. The number of nitriles is 1. The van der Waals surface area contributed by atoms with Crippen molar-refractivity contribution in [2.24, 2.45) is 0 Å². The van der Waals surface area contributed by atoms with Gasteiger partial charge in [-0.3, -0.25) is 4.90 Å². The predicted molar refractivity (Wildman–Crippen MR) is 81.2 cm³/mol. The van der Waals surface area contributed by atoms with Crippen molar-refractivity contribution in [2.45, 2.75) is 25.3 Å². The molecule has 0 aliphatic carbocycles. The van der Waals surface area contributed by atoms with Gasteiger partial charge in [-0.15, -0.1) is 0 Å². The number of aromatic nitrogens is 1. The van der Waals surface area contributed by atoms with Gasteiger partial charge in [0.2, 0.25) is 0 Å². The van der Waals surface area contributed by atoms with Crippen LogP contribution in [0.4, 0.5) is 5.82 Å². The second-order valence-electron chi connectivity index (χ2n) is 5.77. The Kier molecular flexibility index (Phi) is 4.69. The Morgan fingerprint density at radius 2 is 2.10 bits per heavy atom. The summed E-state index contributed by atoms with van der Waals surface area (Å²) < 4.78 is 5.43. The number of hydrogen-bond acceptors (Lipinski definition) is 5. The minimum absolute atomic E-state index is 0.525. The highest BCUT2D eigenvalue weighted by atomic mass is 16.5. The summed E-state index contributed by atoms with van der Waals surface area (Å²) in [4.78, 5) is 9.39. The van der Waals surface area contributed by atoms with Crippen LogP contribution in [-0.2, 0) is 4.74 Å². The van der Waals surface area contributed by atoms with E-state index in [1.54, 1.807) is 6.20 Å². The van der Waals surface area contributed by atoms with E-state index in [0.29, 0.717) is 11.6 Å². The highest BCUT2D eigenvalue weighted by Crippen LogP contribution is 2.24. The van der Waals surface area contributed by atoms with Gasteiger partial charge in [0.1, 0.15) is 11.9 Å². The van der Waals surface area contributed by atoms with Crippen LogP contribution in [0.3, 0.4) is 0 Å². The molecule has 112 valence electrons. The molecular weight excluding hydrogens is 264 g/mol. The van der Waals surface area contributed by atoms with Crippen LogP contribution in [-0.4, -0.2) is 55.3 Å². The number of pyridine rings is 1. The monoisotopic (exact) mass is 286 g/mol. The fraction of sp³-hybridized carbons (Fsp3) is 0.625. The van der Waals surface area contributed by atoms with E-state index in [1.165, 1.54) is 19.3 Å². The molecule has 0 aromatic carbocycles. The SMILES string of the molecule is N#Cc1ccc(N2CCCC[C@H]2CN2CCOCC2)nc1. The van der Waals surface area contributed by atoms with E-state index in [2.05, 4.69) is 20.9 Å². The normalized spacial score (nSPS) is 23.8. The average molecular weight is 286 g/mol. The molecule has 2 fully saturated rings. The summed E-state index contributed by atoms with van der Waals surface area (Å²) in [5.41, 5.74) is 0.625. The van der Waals surface area contributed by atoms with Crippen molar-refractivity contribution in [3.8, 4) is 6.07 Å². The van der Waals surface area contributed by atoms with E-state index in [4.69, 9.17) is 10.00 Å². The molecule has 1 aromatic rings. The maximum Gasteiger partial charge on any atom is 0.128 e. The lowest BCUT2D eigenvalue weighted by Gasteiger charge is -2.40. The number of morpholine rings is 1. The molecule has 0 saturated carbocycles. The number of rotatable bonds is 3. The molecule has 2 aliphatic heterocycles. The summed E-state index contributed by atoms with van der Waals surface area (Å²) in [6.45, 7) is 5.92. The molecule has 0 N–H and O–H groups in total. The van der Waals surface area contributed by atoms with Crippen LogP contribution < -0.4 is 4.90 Å². The lowest BCUT2D eigenvalue weighted by molar-refractivity contribution is 0.0338. The van der Waals surface area contributed by atoms with Gasteiger partial charge in [0.15, 0.2) is 0 Å². The van der Waals surface area contributed by atoms with E-state index >= 15 is 0 Å². The van der Waals surface area contributed by atoms with E-state index < -0.39 is 0 Å². The van der Waals surface area contributed by atoms with Crippen LogP contribution in [0.1, 0.15) is 24.8 Å². The van der Waals surface area contributed by atoms with Crippen molar-refractivity contribution < 1.29 is 4.74 Å². The van der Waals surface area contributed by atoms with Gasteiger partial charge in [-0.05, 0) is 31.4 Å². The maximum atomic E-state index is 8.89. The average Bonchev–Trinajstić information content (AvgIpc) is 2.56. The fourth-order valence-corrected chi connectivity index (χ4v) is 3.20. The Morgan fingerprint density at radius 3 is 2.81 bits per heavy atom.